The first-order valence-corrected chi connectivity index (χ1v) is 5.89. The highest BCUT2D eigenvalue weighted by molar-refractivity contribution is 8.13. The lowest BCUT2D eigenvalue weighted by molar-refractivity contribution is -0.306. The number of thioether (sulfide) groups is 1. The Balaban J connectivity index is 3.38. The largest absolute Gasteiger partial charge is 0.548 e. The van der Waals surface area contributed by atoms with E-state index in [4.69, 9.17) is 19.9 Å². The number of hydrogen-bond acceptors (Lipinski definition) is 8. The summed E-state index contributed by atoms with van der Waals surface area (Å²) in [5.41, 5.74) is 5.15. The molecule has 0 radical (unpaired) electrons. The Kier molecular flexibility index (Phi) is 9.83. The van der Waals surface area contributed by atoms with Crippen LogP contribution in [0.25, 0.3) is 0 Å². The summed E-state index contributed by atoms with van der Waals surface area (Å²) in [4.78, 5) is 21.3. The van der Waals surface area contributed by atoms with Gasteiger partial charge < -0.3 is 29.8 Å². The number of nitrogens with two attached hydrogens (primary N) is 1. The van der Waals surface area contributed by atoms with Crippen molar-refractivity contribution in [2.24, 2.45) is 5.73 Å². The van der Waals surface area contributed by atoms with E-state index in [0.29, 0.717) is 25.0 Å². The molecule has 0 aliphatic rings. The van der Waals surface area contributed by atoms with Crippen molar-refractivity contribution >= 4 is 23.0 Å². The smallest absolute Gasteiger partial charge is 0.367 e. The summed E-state index contributed by atoms with van der Waals surface area (Å²) >= 11 is 0.694. The molecule has 0 spiro atoms. The Morgan fingerprint density at radius 2 is 1.94 bits per heavy atom. The first kappa shape index (κ1) is 16.2. The molecule has 0 saturated heterocycles. The van der Waals surface area contributed by atoms with Crippen molar-refractivity contribution in [2.45, 2.75) is 6.04 Å². The van der Waals surface area contributed by atoms with Gasteiger partial charge in [0.15, 0.2) is 0 Å². The Morgan fingerprint density at radius 3 is 2.53 bits per heavy atom. The van der Waals surface area contributed by atoms with Crippen LogP contribution in [0.2, 0.25) is 0 Å². The Morgan fingerprint density at radius 1 is 1.29 bits per heavy atom. The molecule has 0 bridgehead atoms. The molecule has 0 rings (SSSR count). The number of carboxylic acid groups (broad SMARTS) is 1. The maximum atomic E-state index is 11.1. The molecule has 0 unspecified atom stereocenters. The standard InChI is InChI=1S/C9H17NO6S/c1-14-2-3-15-4-5-16-9(13)17-6-7(10)8(11)12/h7H,2-6,10H2,1H3,(H,11,12)/p-1/t7-/m0/s1. The molecular weight excluding hydrogens is 250 g/mol. The highest BCUT2D eigenvalue weighted by atomic mass is 32.2. The molecule has 100 valence electrons. The highest BCUT2D eigenvalue weighted by Gasteiger charge is 2.09. The average molecular weight is 266 g/mol. The predicted octanol–water partition coefficient (Wildman–Crippen LogP) is -1.40. The van der Waals surface area contributed by atoms with Crippen molar-refractivity contribution in [3.05, 3.63) is 0 Å². The minimum absolute atomic E-state index is 0.0777. The van der Waals surface area contributed by atoms with Gasteiger partial charge in [-0.25, -0.2) is 4.79 Å². The second-order valence-electron chi connectivity index (χ2n) is 2.94. The van der Waals surface area contributed by atoms with Gasteiger partial charge in [-0.2, -0.15) is 0 Å². The lowest BCUT2D eigenvalue weighted by Crippen LogP contribution is -2.43. The Labute approximate surface area is 104 Å². The van der Waals surface area contributed by atoms with Gasteiger partial charge in [-0.3, -0.25) is 0 Å². The molecule has 7 nitrogen and oxygen atoms in total. The van der Waals surface area contributed by atoms with Gasteiger partial charge in [0, 0.05) is 12.9 Å². The summed E-state index contributed by atoms with van der Waals surface area (Å²) in [5.74, 6) is -1.47. The van der Waals surface area contributed by atoms with Gasteiger partial charge in [-0.05, 0) is 11.8 Å². The van der Waals surface area contributed by atoms with Gasteiger partial charge >= 0.3 is 5.30 Å². The van der Waals surface area contributed by atoms with Gasteiger partial charge in [0.05, 0.1) is 31.8 Å². The van der Waals surface area contributed by atoms with E-state index in [0.717, 1.165) is 0 Å². The van der Waals surface area contributed by atoms with Crippen LogP contribution in [0.1, 0.15) is 0 Å². The Hall–Kier alpha value is -0.830. The maximum absolute atomic E-state index is 11.1. The van der Waals surface area contributed by atoms with Crippen LogP contribution in [0.4, 0.5) is 4.79 Å². The van der Waals surface area contributed by atoms with E-state index in [-0.39, 0.29) is 19.0 Å². The van der Waals surface area contributed by atoms with Gasteiger partial charge in [-0.15, -0.1) is 0 Å². The van der Waals surface area contributed by atoms with Gasteiger partial charge in [0.1, 0.15) is 6.61 Å². The summed E-state index contributed by atoms with van der Waals surface area (Å²) < 4.78 is 14.5. The zero-order valence-corrected chi connectivity index (χ0v) is 10.4. The van der Waals surface area contributed by atoms with Crippen LogP contribution in [0.3, 0.4) is 0 Å². The molecule has 0 aliphatic heterocycles. The van der Waals surface area contributed by atoms with Crippen LogP contribution in [-0.4, -0.2) is 56.6 Å². The van der Waals surface area contributed by atoms with Crippen LogP contribution in [0.5, 0.6) is 0 Å². The predicted molar refractivity (Wildman–Crippen MR) is 59.5 cm³/mol. The molecule has 2 N–H and O–H groups in total. The third-order valence-corrected chi connectivity index (χ3v) is 2.44. The first-order valence-electron chi connectivity index (χ1n) is 4.90. The number of carbonyl (C=O) groups is 2. The van der Waals surface area contributed by atoms with E-state index >= 15 is 0 Å². The monoisotopic (exact) mass is 266 g/mol. The van der Waals surface area contributed by atoms with Crippen molar-refractivity contribution in [1.82, 2.24) is 0 Å². The number of hydrogen-bond donors (Lipinski definition) is 1. The quantitative estimate of drug-likeness (QED) is 0.400. The highest BCUT2D eigenvalue weighted by Crippen LogP contribution is 2.06. The topological polar surface area (TPSA) is 111 Å². The molecule has 8 heteroatoms. The molecule has 17 heavy (non-hydrogen) atoms. The van der Waals surface area contributed by atoms with Crippen molar-refractivity contribution in [1.29, 1.82) is 0 Å². The zero-order valence-electron chi connectivity index (χ0n) is 9.55. The summed E-state index contributed by atoms with van der Waals surface area (Å²) in [6, 6.07) is -1.18. The number of carbonyl (C=O) groups excluding carboxylic acids is 2. The molecule has 0 aromatic rings. The number of carboxylic acids is 1. The zero-order chi connectivity index (χ0) is 13.1. The molecule has 0 amide bonds. The first-order chi connectivity index (χ1) is 8.07. The maximum Gasteiger partial charge on any atom is 0.367 e. The normalized spacial score (nSPS) is 12.1. The molecular formula is C9H16NO6S-. The van der Waals surface area contributed by atoms with Crippen LogP contribution < -0.4 is 10.8 Å². The fourth-order valence-electron chi connectivity index (χ4n) is 0.696. The summed E-state index contributed by atoms with van der Waals surface area (Å²) in [7, 11) is 1.56. The van der Waals surface area contributed by atoms with Crippen molar-refractivity contribution in [3.63, 3.8) is 0 Å². The van der Waals surface area contributed by atoms with Crippen LogP contribution in [0.15, 0.2) is 0 Å². The molecule has 0 aromatic carbocycles. The molecule has 1 atom stereocenters. The number of rotatable bonds is 9. The fourth-order valence-corrected chi connectivity index (χ4v) is 1.31. The SMILES string of the molecule is COCCOCCOC(=O)SC[C@H](N)C(=O)[O-]. The van der Waals surface area contributed by atoms with Crippen molar-refractivity contribution in [3.8, 4) is 0 Å². The van der Waals surface area contributed by atoms with Crippen molar-refractivity contribution < 1.29 is 28.9 Å². The van der Waals surface area contributed by atoms with Crippen LogP contribution >= 0.6 is 11.8 Å². The number of ether oxygens (including phenoxy) is 3. The van der Waals surface area contributed by atoms with Gasteiger partial charge in [-0.1, -0.05) is 0 Å². The summed E-state index contributed by atoms with van der Waals surface area (Å²) in [5, 5.41) is 9.65. The number of aliphatic carboxylic acids is 1. The van der Waals surface area contributed by atoms with Crippen LogP contribution in [-0.2, 0) is 19.0 Å². The van der Waals surface area contributed by atoms with E-state index < -0.39 is 17.3 Å². The lowest BCUT2D eigenvalue weighted by atomic mass is 10.4. The third kappa shape index (κ3) is 10.1. The molecule has 0 aliphatic carbocycles. The second kappa shape index (κ2) is 10.3. The van der Waals surface area contributed by atoms with Gasteiger partial charge in [0.25, 0.3) is 0 Å². The minimum atomic E-state index is -1.40. The fraction of sp³-hybridized carbons (Fsp3) is 0.778. The lowest BCUT2D eigenvalue weighted by Gasteiger charge is -2.11. The molecule has 0 fully saturated rings. The third-order valence-electron chi connectivity index (χ3n) is 1.56. The van der Waals surface area contributed by atoms with Gasteiger partial charge in [0.2, 0.25) is 0 Å². The van der Waals surface area contributed by atoms with Crippen LogP contribution in [0, 0.1) is 0 Å². The van der Waals surface area contributed by atoms with E-state index in [2.05, 4.69) is 0 Å². The molecule has 0 saturated carbocycles. The van der Waals surface area contributed by atoms with E-state index in [1.54, 1.807) is 7.11 Å². The van der Waals surface area contributed by atoms with E-state index in [9.17, 15) is 14.7 Å². The minimum Gasteiger partial charge on any atom is -0.548 e. The van der Waals surface area contributed by atoms with E-state index in [1.807, 2.05) is 0 Å². The summed E-state index contributed by atoms with van der Waals surface area (Å²) in [6.45, 7) is 1.28. The molecule has 0 heterocycles. The Bertz CT molecular complexity index is 238. The summed E-state index contributed by atoms with van der Waals surface area (Å²) in [6.07, 6.45) is 0. The second-order valence-corrected chi connectivity index (χ2v) is 3.90. The molecule has 0 aromatic heterocycles. The average Bonchev–Trinajstić information content (AvgIpc) is 2.30. The van der Waals surface area contributed by atoms with E-state index in [1.165, 1.54) is 0 Å². The number of methoxy groups -OCH3 is 1. The van der Waals surface area contributed by atoms with Crippen molar-refractivity contribution in [2.75, 3.05) is 39.3 Å².